The zero-order valence-corrected chi connectivity index (χ0v) is 10.00. The van der Waals surface area contributed by atoms with E-state index in [0.29, 0.717) is 19.5 Å². The minimum atomic E-state index is -0.570. The molecule has 0 radical (unpaired) electrons. The van der Waals surface area contributed by atoms with Gasteiger partial charge in [0, 0.05) is 19.2 Å². The largest absolute Gasteiger partial charge is 0.393 e. The van der Waals surface area contributed by atoms with E-state index < -0.39 is 4.92 Å². The number of rotatable bonds is 2. The molecule has 1 fully saturated rings. The molecule has 1 aliphatic heterocycles. The molecular weight excluding hydrogens is 238 g/mol. The molecule has 2 unspecified atom stereocenters. The van der Waals surface area contributed by atoms with Gasteiger partial charge in [0.05, 0.1) is 6.10 Å². The summed E-state index contributed by atoms with van der Waals surface area (Å²) in [5.41, 5.74) is 0.213. The van der Waals surface area contributed by atoms with Crippen molar-refractivity contribution in [3.8, 4) is 0 Å². The van der Waals surface area contributed by atoms with Crippen LogP contribution in [0.5, 0.6) is 0 Å². The number of aliphatic hydroxyl groups excluding tert-OH is 1. The van der Waals surface area contributed by atoms with Crippen LogP contribution in [0.15, 0.2) is 12.1 Å². The van der Waals surface area contributed by atoms with Gasteiger partial charge in [-0.05, 0) is 23.3 Å². The monoisotopic (exact) mass is 253 g/mol. The van der Waals surface area contributed by atoms with Crippen LogP contribution in [0.2, 0.25) is 0 Å². The van der Waals surface area contributed by atoms with Gasteiger partial charge in [0.15, 0.2) is 5.69 Å². The minimum Gasteiger partial charge on any atom is -0.393 e. The van der Waals surface area contributed by atoms with Crippen LogP contribution in [0.25, 0.3) is 0 Å². The van der Waals surface area contributed by atoms with Crippen LogP contribution in [0.1, 0.15) is 23.8 Å². The number of aliphatic hydroxyl groups is 1. The second-order valence-electron chi connectivity index (χ2n) is 4.60. The number of carbonyl (C=O) groups excluding carboxylic acids is 1. The quantitative estimate of drug-likeness (QED) is 0.600. The molecule has 7 nitrogen and oxygen atoms in total. The lowest BCUT2D eigenvalue weighted by atomic mass is 9.96. The van der Waals surface area contributed by atoms with Crippen molar-refractivity contribution < 1.29 is 14.8 Å². The highest BCUT2D eigenvalue weighted by Crippen LogP contribution is 2.19. The van der Waals surface area contributed by atoms with Crippen LogP contribution < -0.4 is 0 Å². The lowest BCUT2D eigenvalue weighted by molar-refractivity contribution is -0.389. The summed E-state index contributed by atoms with van der Waals surface area (Å²) in [7, 11) is 0. The van der Waals surface area contributed by atoms with E-state index in [-0.39, 0.29) is 29.4 Å². The summed E-state index contributed by atoms with van der Waals surface area (Å²) in [6, 6.07) is 2.69. The first-order chi connectivity index (χ1) is 8.49. The first-order valence-corrected chi connectivity index (χ1v) is 5.80. The molecule has 7 heteroatoms. The number of nitrogens with one attached hydrogen (secondary N) is 1. The van der Waals surface area contributed by atoms with E-state index in [1.807, 2.05) is 6.92 Å². The van der Waals surface area contributed by atoms with E-state index >= 15 is 0 Å². The molecule has 1 saturated heterocycles. The molecule has 0 aromatic carbocycles. The second kappa shape index (κ2) is 4.77. The third-order valence-electron chi connectivity index (χ3n) is 3.24. The molecule has 0 saturated carbocycles. The summed E-state index contributed by atoms with van der Waals surface area (Å²) in [6.07, 6.45) is 0.155. The molecule has 98 valence electrons. The molecule has 2 N–H and O–H groups in total. The number of nitro groups is 1. The van der Waals surface area contributed by atoms with Crippen molar-refractivity contribution in [2.75, 3.05) is 13.1 Å². The number of H-pyrrole nitrogens is 1. The van der Waals surface area contributed by atoms with Gasteiger partial charge >= 0.3 is 5.82 Å². The van der Waals surface area contributed by atoms with Gasteiger partial charge in [-0.1, -0.05) is 6.92 Å². The van der Waals surface area contributed by atoms with Crippen LogP contribution in [0.3, 0.4) is 0 Å². The molecule has 0 aliphatic carbocycles. The third-order valence-corrected chi connectivity index (χ3v) is 3.24. The van der Waals surface area contributed by atoms with Crippen molar-refractivity contribution in [3.05, 3.63) is 27.9 Å². The second-order valence-corrected chi connectivity index (χ2v) is 4.60. The molecule has 18 heavy (non-hydrogen) atoms. The zero-order chi connectivity index (χ0) is 13.3. The van der Waals surface area contributed by atoms with Crippen molar-refractivity contribution >= 4 is 11.7 Å². The predicted octanol–water partition coefficient (Wildman–Crippen LogP) is 0.766. The van der Waals surface area contributed by atoms with Crippen LogP contribution in [0.4, 0.5) is 5.82 Å². The molecule has 2 heterocycles. The average Bonchev–Trinajstić information content (AvgIpc) is 2.81. The summed E-state index contributed by atoms with van der Waals surface area (Å²) < 4.78 is 0. The SMILES string of the molecule is CC1CN(C(=O)c2ccc([N+](=O)[O-])[nH]2)CCC1O. The number of amides is 1. The van der Waals surface area contributed by atoms with E-state index in [0.717, 1.165) is 0 Å². The smallest absolute Gasteiger partial charge is 0.321 e. The van der Waals surface area contributed by atoms with E-state index in [9.17, 15) is 20.0 Å². The highest BCUT2D eigenvalue weighted by molar-refractivity contribution is 5.93. The van der Waals surface area contributed by atoms with Gasteiger partial charge in [0.25, 0.3) is 5.91 Å². The number of hydrogen-bond acceptors (Lipinski definition) is 4. The minimum absolute atomic E-state index is 0.0210. The first-order valence-electron chi connectivity index (χ1n) is 5.80. The lowest BCUT2D eigenvalue weighted by Crippen LogP contribution is -2.45. The first kappa shape index (κ1) is 12.6. The van der Waals surface area contributed by atoms with Crippen LogP contribution in [-0.4, -0.2) is 45.0 Å². The maximum absolute atomic E-state index is 12.1. The summed E-state index contributed by atoms with van der Waals surface area (Å²) in [5, 5.41) is 20.1. The molecule has 2 atom stereocenters. The van der Waals surface area contributed by atoms with Crippen molar-refractivity contribution in [1.29, 1.82) is 0 Å². The van der Waals surface area contributed by atoms with Gasteiger partial charge in [-0.3, -0.25) is 4.79 Å². The number of hydrogen-bond donors (Lipinski definition) is 2. The fourth-order valence-corrected chi connectivity index (χ4v) is 2.10. The molecule has 1 aliphatic rings. The number of piperidine rings is 1. The van der Waals surface area contributed by atoms with Gasteiger partial charge in [-0.15, -0.1) is 0 Å². The number of likely N-dealkylation sites (tertiary alicyclic amines) is 1. The van der Waals surface area contributed by atoms with Crippen LogP contribution in [0, 0.1) is 16.0 Å². The number of nitrogens with zero attached hydrogens (tertiary/aromatic N) is 2. The van der Waals surface area contributed by atoms with Crippen LogP contribution in [-0.2, 0) is 0 Å². The summed E-state index contributed by atoms with van der Waals surface area (Å²) in [6.45, 7) is 2.81. The molecule has 0 spiro atoms. The lowest BCUT2D eigenvalue weighted by Gasteiger charge is -2.33. The maximum Gasteiger partial charge on any atom is 0.321 e. The van der Waals surface area contributed by atoms with Gasteiger partial charge in [-0.25, -0.2) is 4.98 Å². The predicted molar refractivity (Wildman–Crippen MR) is 63.1 cm³/mol. The number of carbonyl (C=O) groups is 1. The number of aromatic nitrogens is 1. The number of aromatic amines is 1. The topological polar surface area (TPSA) is 99.5 Å². The Labute approximate surface area is 104 Å². The summed E-state index contributed by atoms with van der Waals surface area (Å²) >= 11 is 0. The van der Waals surface area contributed by atoms with Gasteiger partial charge in [0.1, 0.15) is 0 Å². The van der Waals surface area contributed by atoms with E-state index in [2.05, 4.69) is 4.98 Å². The Balaban J connectivity index is 2.09. The van der Waals surface area contributed by atoms with Crippen LogP contribution >= 0.6 is 0 Å². The molecule has 1 aromatic heterocycles. The summed E-state index contributed by atoms with van der Waals surface area (Å²) in [5.74, 6) is -0.432. The van der Waals surface area contributed by atoms with E-state index in [1.165, 1.54) is 12.1 Å². The molecule has 1 aromatic rings. The normalized spacial score (nSPS) is 24.0. The zero-order valence-electron chi connectivity index (χ0n) is 10.00. The molecule has 2 rings (SSSR count). The van der Waals surface area contributed by atoms with Gasteiger partial charge in [-0.2, -0.15) is 0 Å². The van der Waals surface area contributed by atoms with Crippen molar-refractivity contribution in [2.45, 2.75) is 19.4 Å². The van der Waals surface area contributed by atoms with Gasteiger partial charge in [0.2, 0.25) is 0 Å². The highest BCUT2D eigenvalue weighted by atomic mass is 16.6. The van der Waals surface area contributed by atoms with Gasteiger partial charge < -0.3 is 20.1 Å². The van der Waals surface area contributed by atoms with E-state index in [4.69, 9.17) is 0 Å². The fourth-order valence-electron chi connectivity index (χ4n) is 2.10. The molecular formula is C11H15N3O4. The maximum atomic E-state index is 12.1. The Morgan fingerprint density at radius 1 is 1.61 bits per heavy atom. The average molecular weight is 253 g/mol. The third kappa shape index (κ3) is 2.35. The molecule has 0 bridgehead atoms. The summed E-state index contributed by atoms with van der Waals surface area (Å²) in [4.78, 5) is 26.1. The Hall–Kier alpha value is -1.89. The molecule has 1 amide bonds. The van der Waals surface area contributed by atoms with Crippen molar-refractivity contribution in [3.63, 3.8) is 0 Å². The Morgan fingerprint density at radius 3 is 2.89 bits per heavy atom. The fraction of sp³-hybridized carbons (Fsp3) is 0.545. The Kier molecular flexibility index (Phi) is 3.33. The highest BCUT2D eigenvalue weighted by Gasteiger charge is 2.29. The standard InChI is InChI=1S/C11H15N3O4/c1-7-6-13(5-4-9(7)15)11(16)8-2-3-10(12-8)14(17)18/h2-3,7,9,12,15H,4-6H2,1H3. The van der Waals surface area contributed by atoms with E-state index in [1.54, 1.807) is 4.90 Å². The Bertz CT molecular complexity index is 471. The van der Waals surface area contributed by atoms with Crippen molar-refractivity contribution in [1.82, 2.24) is 9.88 Å². The van der Waals surface area contributed by atoms with Crippen molar-refractivity contribution in [2.24, 2.45) is 5.92 Å². The Morgan fingerprint density at radius 2 is 2.33 bits per heavy atom.